The molecule has 1 aromatic heterocycles. The van der Waals surface area contributed by atoms with Gasteiger partial charge in [-0.05, 0) is 24.3 Å². The third-order valence-electron chi connectivity index (χ3n) is 3.08. The van der Waals surface area contributed by atoms with Crippen LogP contribution < -0.4 is 5.32 Å². The van der Waals surface area contributed by atoms with E-state index in [9.17, 15) is 4.79 Å². The van der Waals surface area contributed by atoms with Crippen LogP contribution in [-0.2, 0) is 4.79 Å². The van der Waals surface area contributed by atoms with Crippen molar-refractivity contribution in [1.82, 2.24) is 4.98 Å². The predicted octanol–water partition coefficient (Wildman–Crippen LogP) is 3.86. The maximum Gasteiger partial charge on any atom is 0.221 e. The molecule has 0 fully saturated rings. The van der Waals surface area contributed by atoms with Crippen molar-refractivity contribution < 1.29 is 4.79 Å². The first-order chi connectivity index (χ1) is 9.72. The van der Waals surface area contributed by atoms with E-state index in [-0.39, 0.29) is 5.91 Å². The minimum Gasteiger partial charge on any atom is -0.326 e. The molecule has 3 nitrogen and oxygen atoms in total. The summed E-state index contributed by atoms with van der Waals surface area (Å²) in [5.74, 6) is -0.0711. The summed E-state index contributed by atoms with van der Waals surface area (Å²) in [5.41, 5.74) is 3.76. The standard InChI is InChI=1S/C17H14N2O/c1-12(20)18-15-8-10-17-14(11-15)7-9-16(19-17)13-5-3-2-4-6-13/h2-11H,1H3,(H,18,20). The van der Waals surface area contributed by atoms with Gasteiger partial charge in [-0.15, -0.1) is 0 Å². The molecule has 0 bridgehead atoms. The maximum atomic E-state index is 11.1. The Hall–Kier alpha value is -2.68. The maximum absolute atomic E-state index is 11.1. The lowest BCUT2D eigenvalue weighted by atomic mass is 10.1. The third kappa shape index (κ3) is 2.52. The predicted molar refractivity (Wildman–Crippen MR) is 81.5 cm³/mol. The van der Waals surface area contributed by atoms with E-state index >= 15 is 0 Å². The molecule has 3 rings (SSSR count). The minimum absolute atomic E-state index is 0.0711. The van der Waals surface area contributed by atoms with Crippen LogP contribution in [0.15, 0.2) is 60.7 Å². The SMILES string of the molecule is CC(=O)Nc1ccc2nc(-c3ccccc3)ccc2c1. The molecule has 0 atom stereocenters. The molecule has 1 amide bonds. The number of pyridine rings is 1. The summed E-state index contributed by atoms with van der Waals surface area (Å²) >= 11 is 0. The molecule has 1 N–H and O–H groups in total. The van der Waals surface area contributed by atoms with Gasteiger partial charge < -0.3 is 5.32 Å². The van der Waals surface area contributed by atoms with Gasteiger partial charge in [0.05, 0.1) is 11.2 Å². The first kappa shape index (κ1) is 12.4. The first-order valence-corrected chi connectivity index (χ1v) is 6.46. The van der Waals surface area contributed by atoms with E-state index in [1.54, 1.807) is 0 Å². The normalized spacial score (nSPS) is 10.4. The van der Waals surface area contributed by atoms with Gasteiger partial charge in [0.25, 0.3) is 0 Å². The second-order valence-corrected chi connectivity index (χ2v) is 4.65. The molecule has 3 heteroatoms. The highest BCUT2D eigenvalue weighted by Gasteiger charge is 2.02. The summed E-state index contributed by atoms with van der Waals surface area (Å²) in [4.78, 5) is 15.7. The number of carbonyl (C=O) groups excluding carboxylic acids is 1. The average Bonchev–Trinajstić information content (AvgIpc) is 2.47. The van der Waals surface area contributed by atoms with E-state index in [1.165, 1.54) is 6.92 Å². The molecule has 0 aliphatic carbocycles. The molecule has 0 saturated carbocycles. The largest absolute Gasteiger partial charge is 0.326 e. The van der Waals surface area contributed by atoms with Crippen LogP contribution in [0.3, 0.4) is 0 Å². The van der Waals surface area contributed by atoms with Crippen LogP contribution in [0.2, 0.25) is 0 Å². The monoisotopic (exact) mass is 262 g/mol. The van der Waals surface area contributed by atoms with E-state index < -0.39 is 0 Å². The fourth-order valence-corrected chi connectivity index (χ4v) is 2.18. The smallest absolute Gasteiger partial charge is 0.221 e. The number of rotatable bonds is 2. The minimum atomic E-state index is -0.0711. The Bertz CT molecular complexity index is 766. The third-order valence-corrected chi connectivity index (χ3v) is 3.08. The number of hydrogen-bond acceptors (Lipinski definition) is 2. The van der Waals surface area contributed by atoms with E-state index in [0.717, 1.165) is 27.8 Å². The lowest BCUT2D eigenvalue weighted by Crippen LogP contribution is -2.05. The summed E-state index contributed by atoms with van der Waals surface area (Å²) in [5, 5.41) is 3.79. The van der Waals surface area contributed by atoms with Gasteiger partial charge in [0.1, 0.15) is 0 Å². The second kappa shape index (κ2) is 5.13. The molecule has 2 aromatic carbocycles. The van der Waals surface area contributed by atoms with E-state index in [1.807, 2.05) is 60.7 Å². The summed E-state index contributed by atoms with van der Waals surface area (Å²) < 4.78 is 0. The highest BCUT2D eigenvalue weighted by atomic mass is 16.1. The Labute approximate surface area is 117 Å². The molecule has 0 radical (unpaired) electrons. The number of hydrogen-bond donors (Lipinski definition) is 1. The molecule has 0 aliphatic heterocycles. The molecule has 98 valence electrons. The molecule has 3 aromatic rings. The summed E-state index contributed by atoms with van der Waals surface area (Å²) in [6, 6.07) is 19.8. The molecule has 0 spiro atoms. The molecule has 0 aliphatic rings. The van der Waals surface area contributed by atoms with Crippen molar-refractivity contribution in [2.45, 2.75) is 6.92 Å². The van der Waals surface area contributed by atoms with Gasteiger partial charge in [-0.1, -0.05) is 36.4 Å². The molecule has 1 heterocycles. The Morgan fingerprint density at radius 2 is 1.80 bits per heavy atom. The van der Waals surface area contributed by atoms with E-state index in [0.29, 0.717) is 0 Å². The van der Waals surface area contributed by atoms with Crippen molar-refractivity contribution in [3.8, 4) is 11.3 Å². The Balaban J connectivity index is 2.03. The number of benzene rings is 2. The van der Waals surface area contributed by atoms with Gasteiger partial charge in [-0.3, -0.25) is 4.79 Å². The van der Waals surface area contributed by atoms with Crippen LogP contribution in [0.5, 0.6) is 0 Å². The number of nitrogens with one attached hydrogen (secondary N) is 1. The lowest BCUT2D eigenvalue weighted by Gasteiger charge is -2.06. The van der Waals surface area contributed by atoms with Gasteiger partial charge in [-0.25, -0.2) is 4.98 Å². The molecule has 20 heavy (non-hydrogen) atoms. The Morgan fingerprint density at radius 1 is 1.00 bits per heavy atom. The number of anilines is 1. The number of carbonyl (C=O) groups is 1. The van der Waals surface area contributed by atoms with Crippen molar-refractivity contribution >= 4 is 22.5 Å². The van der Waals surface area contributed by atoms with E-state index in [4.69, 9.17) is 0 Å². The number of nitrogens with zero attached hydrogens (tertiary/aromatic N) is 1. The number of fused-ring (bicyclic) bond motifs is 1. The second-order valence-electron chi connectivity index (χ2n) is 4.65. The molecule has 0 unspecified atom stereocenters. The summed E-state index contributed by atoms with van der Waals surface area (Å²) in [6.45, 7) is 1.50. The van der Waals surface area contributed by atoms with Crippen LogP contribution >= 0.6 is 0 Å². The van der Waals surface area contributed by atoms with Gasteiger partial charge in [0.15, 0.2) is 0 Å². The highest BCUT2D eigenvalue weighted by molar-refractivity contribution is 5.92. The van der Waals surface area contributed by atoms with Crippen molar-refractivity contribution in [3.63, 3.8) is 0 Å². The van der Waals surface area contributed by atoms with Gasteiger partial charge >= 0.3 is 0 Å². The quantitative estimate of drug-likeness (QED) is 0.762. The fourth-order valence-electron chi connectivity index (χ4n) is 2.18. The average molecular weight is 262 g/mol. The Kier molecular flexibility index (Phi) is 3.17. The molecule has 0 saturated heterocycles. The zero-order chi connectivity index (χ0) is 13.9. The van der Waals surface area contributed by atoms with Gasteiger partial charge in [0, 0.05) is 23.6 Å². The van der Waals surface area contributed by atoms with Crippen LogP contribution in [0, 0.1) is 0 Å². The molecular formula is C17H14N2O. The number of aromatic nitrogens is 1. The van der Waals surface area contributed by atoms with Crippen molar-refractivity contribution in [3.05, 3.63) is 60.7 Å². The van der Waals surface area contributed by atoms with Crippen molar-refractivity contribution in [2.75, 3.05) is 5.32 Å². The molecular weight excluding hydrogens is 248 g/mol. The first-order valence-electron chi connectivity index (χ1n) is 6.46. The van der Waals surface area contributed by atoms with Crippen LogP contribution in [0.4, 0.5) is 5.69 Å². The highest BCUT2D eigenvalue weighted by Crippen LogP contribution is 2.23. The zero-order valence-electron chi connectivity index (χ0n) is 11.1. The summed E-state index contributed by atoms with van der Waals surface area (Å²) in [7, 11) is 0. The zero-order valence-corrected chi connectivity index (χ0v) is 11.1. The fraction of sp³-hybridized carbons (Fsp3) is 0.0588. The van der Waals surface area contributed by atoms with E-state index in [2.05, 4.69) is 10.3 Å². The lowest BCUT2D eigenvalue weighted by molar-refractivity contribution is -0.114. The summed E-state index contributed by atoms with van der Waals surface area (Å²) in [6.07, 6.45) is 0. The van der Waals surface area contributed by atoms with Crippen LogP contribution in [-0.4, -0.2) is 10.9 Å². The van der Waals surface area contributed by atoms with Crippen molar-refractivity contribution in [1.29, 1.82) is 0 Å². The van der Waals surface area contributed by atoms with Crippen LogP contribution in [0.25, 0.3) is 22.2 Å². The Morgan fingerprint density at radius 3 is 2.55 bits per heavy atom. The topological polar surface area (TPSA) is 42.0 Å². The number of amides is 1. The van der Waals surface area contributed by atoms with Gasteiger partial charge in [-0.2, -0.15) is 0 Å². The van der Waals surface area contributed by atoms with Gasteiger partial charge in [0.2, 0.25) is 5.91 Å². The van der Waals surface area contributed by atoms with Crippen LogP contribution in [0.1, 0.15) is 6.92 Å². The van der Waals surface area contributed by atoms with Crippen molar-refractivity contribution in [2.24, 2.45) is 0 Å².